The molecule has 5 nitrogen and oxygen atoms in total. The average molecular weight is 331 g/mol. The lowest BCUT2D eigenvalue weighted by Crippen LogP contribution is -1.98. The molecule has 1 N–H and O–H groups in total. The zero-order valence-corrected chi connectivity index (χ0v) is 13.8. The quantitative estimate of drug-likeness (QED) is 0.543. The topological polar surface area (TPSA) is 70.9 Å². The summed E-state index contributed by atoms with van der Waals surface area (Å²) in [6.07, 6.45) is 3.39. The Balaban J connectivity index is 2.08. The van der Waals surface area contributed by atoms with E-state index in [-0.39, 0.29) is 0 Å². The van der Waals surface area contributed by atoms with Crippen LogP contribution in [0.2, 0.25) is 0 Å². The Bertz CT molecular complexity index is 947. The van der Waals surface area contributed by atoms with Crippen molar-refractivity contribution in [1.82, 2.24) is 9.97 Å². The van der Waals surface area contributed by atoms with E-state index in [0.717, 1.165) is 16.6 Å². The van der Waals surface area contributed by atoms with E-state index in [9.17, 15) is 5.26 Å². The molecule has 0 radical (unpaired) electrons. The van der Waals surface area contributed by atoms with Gasteiger partial charge in [-0.15, -0.1) is 0 Å². The second-order valence-electron chi connectivity index (χ2n) is 5.25. The van der Waals surface area contributed by atoms with E-state index in [0.29, 0.717) is 29.5 Å². The van der Waals surface area contributed by atoms with Gasteiger partial charge >= 0.3 is 0 Å². The van der Waals surface area contributed by atoms with Gasteiger partial charge in [0, 0.05) is 5.56 Å². The van der Waals surface area contributed by atoms with E-state index in [2.05, 4.69) is 22.6 Å². The number of hydrogen-bond acceptors (Lipinski definition) is 4. The van der Waals surface area contributed by atoms with Gasteiger partial charge in [-0.25, -0.2) is 4.98 Å². The summed E-state index contributed by atoms with van der Waals surface area (Å²) in [6.45, 7) is 4.00. The van der Waals surface area contributed by atoms with Crippen LogP contribution in [0, 0.1) is 11.3 Å². The molecule has 25 heavy (non-hydrogen) atoms. The first-order valence-corrected chi connectivity index (χ1v) is 7.74. The van der Waals surface area contributed by atoms with Gasteiger partial charge in [0.15, 0.2) is 11.5 Å². The fraction of sp³-hybridized carbons (Fsp3) is 0.100. The molecule has 3 aromatic rings. The fourth-order valence-corrected chi connectivity index (χ4v) is 2.49. The molecule has 2 aromatic carbocycles. The second-order valence-corrected chi connectivity index (χ2v) is 5.25. The number of benzene rings is 2. The molecule has 0 spiro atoms. The Morgan fingerprint density at radius 1 is 1.28 bits per heavy atom. The number of aromatic amines is 1. The number of nitrogens with one attached hydrogen (secondary N) is 1. The first-order valence-electron chi connectivity index (χ1n) is 7.74. The largest absolute Gasteiger partial charge is 0.493 e. The highest BCUT2D eigenvalue weighted by Crippen LogP contribution is 2.33. The number of allylic oxidation sites excluding steroid dienone is 1. The number of aromatic nitrogens is 2. The molecule has 0 atom stereocenters. The highest BCUT2D eigenvalue weighted by molar-refractivity contribution is 5.91. The van der Waals surface area contributed by atoms with Crippen molar-refractivity contribution < 1.29 is 9.47 Å². The number of rotatable bonds is 6. The highest BCUT2D eigenvalue weighted by Gasteiger charge is 2.12. The predicted octanol–water partition coefficient (Wildman–Crippen LogP) is 4.20. The van der Waals surface area contributed by atoms with Crippen LogP contribution in [0.15, 0.2) is 55.1 Å². The minimum atomic E-state index is 0.341. The fourth-order valence-electron chi connectivity index (χ4n) is 2.49. The van der Waals surface area contributed by atoms with E-state index in [1.165, 1.54) is 0 Å². The van der Waals surface area contributed by atoms with Gasteiger partial charge in [0.05, 0.1) is 23.7 Å². The van der Waals surface area contributed by atoms with Gasteiger partial charge < -0.3 is 14.5 Å². The molecular weight excluding hydrogens is 314 g/mol. The number of methoxy groups -OCH3 is 1. The summed E-state index contributed by atoms with van der Waals surface area (Å²) in [4.78, 5) is 7.65. The lowest BCUT2D eigenvalue weighted by molar-refractivity contribution is 0.326. The van der Waals surface area contributed by atoms with Crippen LogP contribution in [0.5, 0.6) is 11.5 Å². The number of para-hydroxylation sites is 3. The van der Waals surface area contributed by atoms with Crippen LogP contribution >= 0.6 is 0 Å². The molecular formula is C20H17N3O2. The number of hydrogen-bond donors (Lipinski definition) is 1. The molecule has 3 rings (SSSR count). The van der Waals surface area contributed by atoms with Crippen molar-refractivity contribution in [3.05, 3.63) is 66.5 Å². The van der Waals surface area contributed by atoms with E-state index in [1.54, 1.807) is 19.3 Å². The molecule has 0 fully saturated rings. The summed E-state index contributed by atoms with van der Waals surface area (Å²) in [5, 5.41) is 9.59. The summed E-state index contributed by atoms with van der Waals surface area (Å²) >= 11 is 0. The standard InChI is InChI=1S/C20H17N3O2/c1-3-11-25-19-14(7-6-10-18(19)24-2)12-15(13-21)20-22-16-8-4-5-9-17(16)23-20/h3-10,12H,1,11H2,2H3,(H,22,23)/b15-12-. The molecule has 0 aliphatic heterocycles. The van der Waals surface area contributed by atoms with Crippen molar-refractivity contribution in [2.45, 2.75) is 0 Å². The maximum Gasteiger partial charge on any atom is 0.168 e. The lowest BCUT2D eigenvalue weighted by atomic mass is 10.1. The van der Waals surface area contributed by atoms with Gasteiger partial charge in [-0.1, -0.05) is 36.9 Å². The maximum atomic E-state index is 9.59. The summed E-state index contributed by atoms with van der Waals surface area (Å²) in [5.41, 5.74) is 2.84. The summed E-state index contributed by atoms with van der Waals surface area (Å²) in [5.74, 6) is 1.67. The number of fused-ring (bicyclic) bond motifs is 1. The van der Waals surface area contributed by atoms with Gasteiger partial charge in [-0.2, -0.15) is 5.26 Å². The van der Waals surface area contributed by atoms with Gasteiger partial charge in [-0.05, 0) is 24.3 Å². The smallest absolute Gasteiger partial charge is 0.168 e. The first-order chi connectivity index (χ1) is 12.3. The lowest BCUT2D eigenvalue weighted by Gasteiger charge is -2.12. The minimum Gasteiger partial charge on any atom is -0.493 e. The van der Waals surface area contributed by atoms with Gasteiger partial charge in [0.25, 0.3) is 0 Å². The van der Waals surface area contributed by atoms with Crippen LogP contribution in [-0.2, 0) is 0 Å². The molecule has 5 heteroatoms. The summed E-state index contributed by atoms with van der Waals surface area (Å²) in [6, 6.07) is 15.4. The van der Waals surface area contributed by atoms with Crippen molar-refractivity contribution in [3.8, 4) is 17.6 Å². The first kappa shape index (κ1) is 16.3. The average Bonchev–Trinajstić information content (AvgIpc) is 3.08. The molecule has 0 saturated heterocycles. The Labute approximate surface area is 145 Å². The Morgan fingerprint density at radius 3 is 2.84 bits per heavy atom. The molecule has 1 heterocycles. The van der Waals surface area contributed by atoms with Crippen LogP contribution < -0.4 is 9.47 Å². The minimum absolute atomic E-state index is 0.341. The molecule has 0 saturated carbocycles. The van der Waals surface area contributed by atoms with Crippen molar-refractivity contribution in [3.63, 3.8) is 0 Å². The van der Waals surface area contributed by atoms with Crippen LogP contribution in [-0.4, -0.2) is 23.7 Å². The van der Waals surface area contributed by atoms with E-state index < -0.39 is 0 Å². The van der Waals surface area contributed by atoms with Gasteiger partial charge in [-0.3, -0.25) is 0 Å². The molecule has 0 aliphatic carbocycles. The van der Waals surface area contributed by atoms with Crippen LogP contribution in [0.3, 0.4) is 0 Å². The normalized spacial score (nSPS) is 11.1. The Morgan fingerprint density at radius 2 is 2.12 bits per heavy atom. The number of ether oxygens (including phenoxy) is 2. The monoisotopic (exact) mass is 331 g/mol. The third-order valence-corrected chi connectivity index (χ3v) is 3.64. The van der Waals surface area contributed by atoms with Crippen molar-refractivity contribution in [2.24, 2.45) is 0 Å². The maximum absolute atomic E-state index is 9.59. The number of nitrogens with zero attached hydrogens (tertiary/aromatic N) is 2. The highest BCUT2D eigenvalue weighted by atomic mass is 16.5. The van der Waals surface area contributed by atoms with Crippen LogP contribution in [0.1, 0.15) is 11.4 Å². The Kier molecular flexibility index (Phi) is 4.82. The molecule has 1 aromatic heterocycles. The zero-order chi connectivity index (χ0) is 17.6. The van der Waals surface area contributed by atoms with E-state index in [1.807, 2.05) is 42.5 Å². The van der Waals surface area contributed by atoms with Crippen molar-refractivity contribution in [1.29, 1.82) is 5.26 Å². The number of nitriles is 1. The summed E-state index contributed by atoms with van der Waals surface area (Å²) in [7, 11) is 1.58. The second kappa shape index (κ2) is 7.37. The van der Waals surface area contributed by atoms with E-state index >= 15 is 0 Å². The Hall–Kier alpha value is -3.52. The zero-order valence-electron chi connectivity index (χ0n) is 13.8. The van der Waals surface area contributed by atoms with Crippen molar-refractivity contribution in [2.75, 3.05) is 13.7 Å². The molecule has 124 valence electrons. The molecule has 0 amide bonds. The third kappa shape index (κ3) is 3.38. The van der Waals surface area contributed by atoms with Gasteiger partial charge in [0.1, 0.15) is 18.5 Å². The predicted molar refractivity (Wildman–Crippen MR) is 98.3 cm³/mol. The SMILES string of the molecule is C=CCOc1c(/C=C(/C#N)c2nc3ccccc3[nH]2)cccc1OC. The van der Waals surface area contributed by atoms with Crippen LogP contribution in [0.25, 0.3) is 22.7 Å². The van der Waals surface area contributed by atoms with Gasteiger partial charge in [0.2, 0.25) is 0 Å². The molecule has 0 bridgehead atoms. The molecule has 0 unspecified atom stereocenters. The van der Waals surface area contributed by atoms with E-state index in [4.69, 9.17) is 9.47 Å². The number of imidazole rings is 1. The van der Waals surface area contributed by atoms with Crippen LogP contribution in [0.4, 0.5) is 0 Å². The van der Waals surface area contributed by atoms with Crippen molar-refractivity contribution >= 4 is 22.7 Å². The number of H-pyrrole nitrogens is 1. The molecule has 0 aliphatic rings. The summed E-state index contributed by atoms with van der Waals surface area (Å²) < 4.78 is 11.1. The third-order valence-electron chi connectivity index (χ3n) is 3.64.